The minimum absolute atomic E-state index is 0.162. The van der Waals surface area contributed by atoms with Gasteiger partial charge in [0.1, 0.15) is 6.07 Å². The summed E-state index contributed by atoms with van der Waals surface area (Å²) in [5, 5.41) is 18.2. The van der Waals surface area contributed by atoms with Gasteiger partial charge in [0, 0.05) is 12.6 Å². The zero-order chi connectivity index (χ0) is 14.0. The molecule has 0 heterocycles. The number of hydrogen-bond acceptors (Lipinski definition) is 3. The van der Waals surface area contributed by atoms with Crippen LogP contribution in [0.2, 0.25) is 0 Å². The van der Waals surface area contributed by atoms with Gasteiger partial charge in [0.25, 0.3) is 0 Å². The first kappa shape index (κ1) is 13.4. The number of rotatable bonds is 5. The second-order valence-electron chi connectivity index (χ2n) is 5.34. The SMILES string of the molecule is CC(C)N(CC1CC1)c1ccc(C(=O)O)cc1C#N. The summed E-state index contributed by atoms with van der Waals surface area (Å²) in [6.45, 7) is 5.13. The molecule has 19 heavy (non-hydrogen) atoms. The summed E-state index contributed by atoms with van der Waals surface area (Å²) in [5.74, 6) is -0.283. The largest absolute Gasteiger partial charge is 0.478 e. The van der Waals surface area contributed by atoms with E-state index in [2.05, 4.69) is 24.8 Å². The smallest absolute Gasteiger partial charge is 0.335 e. The molecule has 2 rings (SSSR count). The molecule has 1 fully saturated rings. The molecular weight excluding hydrogens is 240 g/mol. The summed E-state index contributed by atoms with van der Waals surface area (Å²) < 4.78 is 0. The van der Waals surface area contributed by atoms with E-state index in [1.54, 1.807) is 12.1 Å². The van der Waals surface area contributed by atoms with Crippen molar-refractivity contribution in [2.75, 3.05) is 11.4 Å². The van der Waals surface area contributed by atoms with Gasteiger partial charge in [-0.3, -0.25) is 0 Å². The highest BCUT2D eigenvalue weighted by molar-refractivity contribution is 5.89. The Labute approximate surface area is 113 Å². The Bertz CT molecular complexity index is 527. The molecule has 0 aliphatic heterocycles. The van der Waals surface area contributed by atoms with Crippen molar-refractivity contribution in [3.63, 3.8) is 0 Å². The molecule has 0 amide bonds. The molecule has 1 aliphatic carbocycles. The number of benzene rings is 1. The molecule has 4 heteroatoms. The third-order valence-electron chi connectivity index (χ3n) is 3.45. The number of nitriles is 1. The zero-order valence-corrected chi connectivity index (χ0v) is 11.3. The van der Waals surface area contributed by atoms with E-state index in [0.29, 0.717) is 17.5 Å². The second kappa shape index (κ2) is 5.31. The lowest BCUT2D eigenvalue weighted by molar-refractivity contribution is 0.0697. The van der Waals surface area contributed by atoms with Crippen LogP contribution >= 0.6 is 0 Å². The maximum atomic E-state index is 10.9. The van der Waals surface area contributed by atoms with Gasteiger partial charge in [-0.15, -0.1) is 0 Å². The molecule has 1 N–H and O–H groups in total. The van der Waals surface area contributed by atoms with Gasteiger partial charge < -0.3 is 10.0 Å². The number of carboxylic acids is 1. The minimum atomic E-state index is -0.999. The van der Waals surface area contributed by atoms with Crippen LogP contribution in [0, 0.1) is 17.2 Å². The van der Waals surface area contributed by atoms with Crippen molar-refractivity contribution in [3.05, 3.63) is 29.3 Å². The van der Waals surface area contributed by atoms with Gasteiger partial charge in [0.15, 0.2) is 0 Å². The van der Waals surface area contributed by atoms with Crippen molar-refractivity contribution >= 4 is 11.7 Å². The van der Waals surface area contributed by atoms with E-state index in [1.165, 1.54) is 18.9 Å². The van der Waals surface area contributed by atoms with Crippen molar-refractivity contribution in [2.45, 2.75) is 32.7 Å². The summed E-state index contributed by atoms with van der Waals surface area (Å²) in [6.07, 6.45) is 2.50. The van der Waals surface area contributed by atoms with E-state index in [9.17, 15) is 10.1 Å². The fourth-order valence-corrected chi connectivity index (χ4v) is 2.18. The summed E-state index contributed by atoms with van der Waals surface area (Å²) in [4.78, 5) is 13.1. The Morgan fingerprint density at radius 2 is 2.21 bits per heavy atom. The number of anilines is 1. The quantitative estimate of drug-likeness (QED) is 0.882. The molecule has 1 aromatic rings. The van der Waals surface area contributed by atoms with Crippen LogP contribution in [-0.2, 0) is 0 Å². The molecular formula is C15H18N2O2. The Kier molecular flexibility index (Phi) is 3.75. The highest BCUT2D eigenvalue weighted by Gasteiger charge is 2.27. The average Bonchev–Trinajstić information content (AvgIpc) is 3.18. The Hall–Kier alpha value is -2.02. The third-order valence-corrected chi connectivity index (χ3v) is 3.45. The maximum Gasteiger partial charge on any atom is 0.335 e. The van der Waals surface area contributed by atoms with Crippen molar-refractivity contribution in [1.82, 2.24) is 0 Å². The lowest BCUT2D eigenvalue weighted by Crippen LogP contribution is -2.33. The van der Waals surface area contributed by atoms with Crippen LogP contribution in [0.1, 0.15) is 42.6 Å². The molecule has 0 saturated heterocycles. The van der Waals surface area contributed by atoms with Gasteiger partial charge >= 0.3 is 5.97 Å². The van der Waals surface area contributed by atoms with E-state index < -0.39 is 5.97 Å². The predicted molar refractivity (Wildman–Crippen MR) is 73.3 cm³/mol. The fourth-order valence-electron chi connectivity index (χ4n) is 2.18. The Morgan fingerprint density at radius 1 is 1.53 bits per heavy atom. The predicted octanol–water partition coefficient (Wildman–Crippen LogP) is 2.88. The van der Waals surface area contributed by atoms with Crippen LogP contribution in [0.15, 0.2) is 18.2 Å². The van der Waals surface area contributed by atoms with Gasteiger partial charge in [-0.25, -0.2) is 4.79 Å². The fraction of sp³-hybridized carbons (Fsp3) is 0.467. The zero-order valence-electron chi connectivity index (χ0n) is 11.3. The average molecular weight is 258 g/mol. The molecule has 1 aromatic carbocycles. The van der Waals surface area contributed by atoms with Crippen LogP contribution in [0.3, 0.4) is 0 Å². The summed E-state index contributed by atoms with van der Waals surface area (Å²) >= 11 is 0. The monoisotopic (exact) mass is 258 g/mol. The molecule has 100 valence electrons. The molecule has 0 bridgehead atoms. The van der Waals surface area contributed by atoms with Crippen LogP contribution in [0.4, 0.5) is 5.69 Å². The summed E-state index contributed by atoms with van der Waals surface area (Å²) in [7, 11) is 0. The molecule has 0 aromatic heterocycles. The number of aromatic carboxylic acids is 1. The molecule has 4 nitrogen and oxygen atoms in total. The summed E-state index contributed by atoms with van der Waals surface area (Å²) in [6, 6.07) is 7.19. The first-order valence-electron chi connectivity index (χ1n) is 6.57. The molecule has 0 spiro atoms. The van der Waals surface area contributed by atoms with Gasteiger partial charge in [-0.2, -0.15) is 5.26 Å². The molecule has 0 radical (unpaired) electrons. The molecule has 1 saturated carbocycles. The van der Waals surface area contributed by atoms with Crippen LogP contribution < -0.4 is 4.90 Å². The van der Waals surface area contributed by atoms with E-state index in [4.69, 9.17) is 5.11 Å². The molecule has 0 unspecified atom stereocenters. The van der Waals surface area contributed by atoms with Crippen LogP contribution in [0.5, 0.6) is 0 Å². The lowest BCUT2D eigenvalue weighted by Gasteiger charge is -2.30. The van der Waals surface area contributed by atoms with Crippen LogP contribution in [-0.4, -0.2) is 23.7 Å². The first-order valence-corrected chi connectivity index (χ1v) is 6.57. The van der Waals surface area contributed by atoms with Crippen molar-refractivity contribution in [2.24, 2.45) is 5.92 Å². The van der Waals surface area contributed by atoms with Crippen molar-refractivity contribution < 1.29 is 9.90 Å². The summed E-state index contributed by atoms with van der Waals surface area (Å²) in [5.41, 5.74) is 1.44. The van der Waals surface area contributed by atoms with E-state index >= 15 is 0 Å². The van der Waals surface area contributed by atoms with Gasteiger partial charge in [0.05, 0.1) is 16.8 Å². The topological polar surface area (TPSA) is 64.3 Å². The van der Waals surface area contributed by atoms with E-state index in [0.717, 1.165) is 12.2 Å². The molecule has 0 atom stereocenters. The maximum absolute atomic E-state index is 10.9. The Balaban J connectivity index is 2.35. The van der Waals surface area contributed by atoms with Gasteiger partial charge in [-0.05, 0) is 50.8 Å². The van der Waals surface area contributed by atoms with Crippen molar-refractivity contribution in [3.8, 4) is 6.07 Å². The van der Waals surface area contributed by atoms with Gasteiger partial charge in [0.2, 0.25) is 0 Å². The van der Waals surface area contributed by atoms with Gasteiger partial charge in [-0.1, -0.05) is 0 Å². The van der Waals surface area contributed by atoms with E-state index in [-0.39, 0.29) is 5.56 Å². The molecule has 1 aliphatic rings. The normalized spacial score (nSPS) is 14.2. The van der Waals surface area contributed by atoms with Crippen LogP contribution in [0.25, 0.3) is 0 Å². The van der Waals surface area contributed by atoms with E-state index in [1.807, 2.05) is 0 Å². The number of hydrogen-bond donors (Lipinski definition) is 1. The van der Waals surface area contributed by atoms with Crippen molar-refractivity contribution in [1.29, 1.82) is 5.26 Å². The third kappa shape index (κ3) is 3.05. The number of carboxylic acid groups (broad SMARTS) is 1. The Morgan fingerprint density at radius 3 is 2.68 bits per heavy atom. The second-order valence-corrected chi connectivity index (χ2v) is 5.34. The standard InChI is InChI=1S/C15H18N2O2/c1-10(2)17(9-11-3-4-11)14-6-5-12(15(18)19)7-13(14)8-16/h5-7,10-11H,3-4,9H2,1-2H3,(H,18,19). The number of carbonyl (C=O) groups is 1. The highest BCUT2D eigenvalue weighted by atomic mass is 16.4. The lowest BCUT2D eigenvalue weighted by atomic mass is 10.1. The first-order chi connectivity index (χ1) is 9.02. The number of nitrogens with zero attached hydrogens (tertiary/aromatic N) is 2. The highest BCUT2D eigenvalue weighted by Crippen LogP contribution is 2.33. The minimum Gasteiger partial charge on any atom is -0.478 e.